The Hall–Kier alpha value is -3.30. The van der Waals surface area contributed by atoms with Gasteiger partial charge in [-0.15, -0.1) is 0 Å². The summed E-state index contributed by atoms with van der Waals surface area (Å²) in [6, 6.07) is 9.73. The number of carbonyl (C=O) groups is 1. The van der Waals surface area contributed by atoms with Gasteiger partial charge in [-0.3, -0.25) is 13.9 Å². The first kappa shape index (κ1) is 21.0. The minimum absolute atomic E-state index is 0.0507. The van der Waals surface area contributed by atoms with E-state index in [0.717, 1.165) is 23.3 Å². The maximum atomic E-state index is 12.9. The van der Waals surface area contributed by atoms with Crippen molar-refractivity contribution >= 4 is 22.8 Å². The molecule has 1 aliphatic heterocycles. The number of hydrogen-bond donors (Lipinski definition) is 0. The number of para-hydroxylation sites is 2. The third kappa shape index (κ3) is 4.01. The molecule has 4 rings (SSSR count). The van der Waals surface area contributed by atoms with E-state index in [1.807, 2.05) is 36.1 Å². The van der Waals surface area contributed by atoms with Crippen LogP contribution in [0.2, 0.25) is 0 Å². The summed E-state index contributed by atoms with van der Waals surface area (Å²) in [6.07, 6.45) is -3.60. The summed E-state index contributed by atoms with van der Waals surface area (Å²) in [5.41, 5.74) is 0.502. The van der Waals surface area contributed by atoms with Gasteiger partial charge in [0, 0.05) is 38.9 Å². The zero-order valence-corrected chi connectivity index (χ0v) is 17.0. The molecule has 0 spiro atoms. The lowest BCUT2D eigenvalue weighted by molar-refractivity contribution is -0.138. The Morgan fingerprint density at radius 3 is 2.19 bits per heavy atom. The zero-order valence-electron chi connectivity index (χ0n) is 17.0. The van der Waals surface area contributed by atoms with E-state index in [9.17, 15) is 22.8 Å². The minimum Gasteiger partial charge on any atom is -0.353 e. The standard InChI is InChI=1S/C21H22F3N5O2/c1-2-28-16-5-3-4-6-17(16)29(20(28)31)14-19(30)27-11-9-26(10-12-27)18-8-7-15(13-25-18)21(22,23)24/h3-8,13H,2,9-12,14H2,1H3. The third-order valence-corrected chi connectivity index (χ3v) is 5.57. The van der Waals surface area contributed by atoms with Crippen molar-refractivity contribution in [2.45, 2.75) is 26.2 Å². The predicted molar refractivity (Wildman–Crippen MR) is 110 cm³/mol. The molecule has 0 aliphatic carbocycles. The molecule has 0 atom stereocenters. The summed E-state index contributed by atoms with van der Waals surface area (Å²) >= 11 is 0. The van der Waals surface area contributed by atoms with Crippen molar-refractivity contribution in [1.82, 2.24) is 19.0 Å². The number of amides is 1. The number of benzene rings is 1. The van der Waals surface area contributed by atoms with E-state index in [2.05, 4.69) is 4.98 Å². The van der Waals surface area contributed by atoms with Crippen LogP contribution in [0.15, 0.2) is 47.4 Å². The lowest BCUT2D eigenvalue weighted by Crippen LogP contribution is -2.50. The number of pyridine rings is 1. The number of nitrogens with zero attached hydrogens (tertiary/aromatic N) is 5. The van der Waals surface area contributed by atoms with E-state index in [0.29, 0.717) is 38.5 Å². The number of hydrogen-bond acceptors (Lipinski definition) is 4. The molecule has 1 amide bonds. The molecule has 164 valence electrons. The van der Waals surface area contributed by atoms with Gasteiger partial charge in [0.25, 0.3) is 0 Å². The van der Waals surface area contributed by atoms with Crippen LogP contribution in [0.25, 0.3) is 11.0 Å². The summed E-state index contributed by atoms with van der Waals surface area (Å²) in [7, 11) is 0. The monoisotopic (exact) mass is 433 g/mol. The van der Waals surface area contributed by atoms with Gasteiger partial charge in [-0.1, -0.05) is 12.1 Å². The molecule has 0 bridgehead atoms. The Kier molecular flexibility index (Phi) is 5.47. The van der Waals surface area contributed by atoms with Gasteiger partial charge in [-0.05, 0) is 31.2 Å². The average Bonchev–Trinajstić information content (AvgIpc) is 3.04. The molecule has 0 radical (unpaired) electrons. The van der Waals surface area contributed by atoms with E-state index in [4.69, 9.17) is 0 Å². The Labute approximate surface area is 176 Å². The first-order valence-corrected chi connectivity index (χ1v) is 10.0. The molecule has 10 heteroatoms. The van der Waals surface area contributed by atoms with Gasteiger partial charge in [0.2, 0.25) is 5.91 Å². The van der Waals surface area contributed by atoms with Crippen molar-refractivity contribution in [2.75, 3.05) is 31.1 Å². The van der Waals surface area contributed by atoms with E-state index >= 15 is 0 Å². The van der Waals surface area contributed by atoms with Gasteiger partial charge in [-0.25, -0.2) is 9.78 Å². The van der Waals surface area contributed by atoms with Crippen LogP contribution in [0, 0.1) is 0 Å². The molecule has 0 saturated carbocycles. The van der Waals surface area contributed by atoms with Crippen molar-refractivity contribution in [3.05, 3.63) is 58.6 Å². The normalized spacial score (nSPS) is 15.0. The van der Waals surface area contributed by atoms with Gasteiger partial charge in [0.05, 0.1) is 16.6 Å². The second-order valence-corrected chi connectivity index (χ2v) is 7.37. The van der Waals surface area contributed by atoms with E-state index in [1.54, 1.807) is 9.47 Å². The molecule has 0 unspecified atom stereocenters. The van der Waals surface area contributed by atoms with Crippen LogP contribution in [0.5, 0.6) is 0 Å². The summed E-state index contributed by atoms with van der Waals surface area (Å²) in [5.74, 6) is 0.281. The smallest absolute Gasteiger partial charge is 0.353 e. The van der Waals surface area contributed by atoms with Gasteiger partial charge < -0.3 is 9.80 Å². The predicted octanol–water partition coefficient (Wildman–Crippen LogP) is 2.59. The molecule has 1 aromatic carbocycles. The Morgan fingerprint density at radius 1 is 1.00 bits per heavy atom. The van der Waals surface area contributed by atoms with Gasteiger partial charge in [0.1, 0.15) is 12.4 Å². The molecule has 0 N–H and O–H groups in total. The molecule has 1 saturated heterocycles. The molecule has 1 aliphatic rings. The highest BCUT2D eigenvalue weighted by Gasteiger charge is 2.31. The number of aryl methyl sites for hydroxylation is 1. The van der Waals surface area contributed by atoms with Crippen molar-refractivity contribution in [3.8, 4) is 0 Å². The quantitative estimate of drug-likeness (QED) is 0.635. The lowest BCUT2D eigenvalue weighted by Gasteiger charge is -2.35. The second kappa shape index (κ2) is 8.09. The molecule has 7 nitrogen and oxygen atoms in total. The van der Waals surface area contributed by atoms with E-state index < -0.39 is 11.7 Å². The second-order valence-electron chi connectivity index (χ2n) is 7.37. The number of piperazine rings is 1. The minimum atomic E-state index is -4.42. The fourth-order valence-corrected chi connectivity index (χ4v) is 3.89. The highest BCUT2D eigenvalue weighted by molar-refractivity contribution is 5.81. The third-order valence-electron chi connectivity index (χ3n) is 5.57. The summed E-state index contributed by atoms with van der Waals surface area (Å²) in [4.78, 5) is 33.0. The average molecular weight is 433 g/mol. The lowest BCUT2D eigenvalue weighted by atomic mass is 10.2. The number of aromatic nitrogens is 3. The summed E-state index contributed by atoms with van der Waals surface area (Å²) < 4.78 is 41.2. The van der Waals surface area contributed by atoms with Crippen LogP contribution < -0.4 is 10.6 Å². The maximum Gasteiger partial charge on any atom is 0.417 e. The molecule has 2 aromatic heterocycles. The van der Waals surface area contributed by atoms with Crippen LogP contribution in [-0.4, -0.2) is 51.1 Å². The number of rotatable bonds is 4. The maximum absolute atomic E-state index is 12.9. The van der Waals surface area contributed by atoms with Gasteiger partial charge >= 0.3 is 11.9 Å². The highest BCUT2D eigenvalue weighted by Crippen LogP contribution is 2.29. The summed E-state index contributed by atoms with van der Waals surface area (Å²) in [6.45, 7) is 4.07. The number of alkyl halides is 3. The Bertz CT molecular complexity index is 1140. The SMILES string of the molecule is CCn1c(=O)n(CC(=O)N2CCN(c3ccc(C(F)(F)F)cn3)CC2)c2ccccc21. The largest absolute Gasteiger partial charge is 0.417 e. The van der Waals surface area contributed by atoms with Crippen molar-refractivity contribution < 1.29 is 18.0 Å². The molecule has 3 heterocycles. The van der Waals surface area contributed by atoms with Crippen molar-refractivity contribution in [1.29, 1.82) is 0 Å². The van der Waals surface area contributed by atoms with Crippen LogP contribution in [0.3, 0.4) is 0 Å². The van der Waals surface area contributed by atoms with Crippen LogP contribution in [0.1, 0.15) is 12.5 Å². The van der Waals surface area contributed by atoms with E-state index in [-0.39, 0.29) is 18.1 Å². The molecular formula is C21H22F3N5O2. The Balaban J connectivity index is 1.43. The topological polar surface area (TPSA) is 63.4 Å². The molecule has 1 fully saturated rings. The van der Waals surface area contributed by atoms with Crippen molar-refractivity contribution in [2.24, 2.45) is 0 Å². The Morgan fingerprint density at radius 2 is 1.65 bits per heavy atom. The number of imidazole rings is 1. The highest BCUT2D eigenvalue weighted by atomic mass is 19.4. The first-order chi connectivity index (χ1) is 14.8. The number of halogens is 3. The van der Waals surface area contributed by atoms with E-state index in [1.165, 1.54) is 10.6 Å². The first-order valence-electron chi connectivity index (χ1n) is 10.0. The molecular weight excluding hydrogens is 411 g/mol. The van der Waals surface area contributed by atoms with Crippen LogP contribution in [-0.2, 0) is 24.1 Å². The fourth-order valence-electron chi connectivity index (χ4n) is 3.89. The number of carbonyl (C=O) groups excluding carboxylic acids is 1. The molecule has 31 heavy (non-hydrogen) atoms. The van der Waals surface area contributed by atoms with Crippen LogP contribution in [0.4, 0.5) is 19.0 Å². The van der Waals surface area contributed by atoms with Gasteiger partial charge in [0.15, 0.2) is 0 Å². The number of anilines is 1. The van der Waals surface area contributed by atoms with Crippen LogP contribution >= 0.6 is 0 Å². The number of fused-ring (bicyclic) bond motifs is 1. The van der Waals surface area contributed by atoms with Gasteiger partial charge in [-0.2, -0.15) is 13.2 Å². The van der Waals surface area contributed by atoms with Crippen molar-refractivity contribution in [3.63, 3.8) is 0 Å². The zero-order chi connectivity index (χ0) is 22.2. The fraction of sp³-hybridized carbons (Fsp3) is 0.381. The molecule has 3 aromatic rings. The summed E-state index contributed by atoms with van der Waals surface area (Å²) in [5, 5.41) is 0.